The molecule has 1 aliphatic heterocycles. The molecule has 5 nitrogen and oxygen atoms in total. The Hall–Kier alpha value is -1.86. The maximum absolute atomic E-state index is 13.0. The summed E-state index contributed by atoms with van der Waals surface area (Å²) in [5.41, 5.74) is 3.28. The highest BCUT2D eigenvalue weighted by molar-refractivity contribution is 9.10. The molecule has 1 unspecified atom stereocenters. The van der Waals surface area contributed by atoms with Gasteiger partial charge in [-0.2, -0.15) is 0 Å². The Morgan fingerprint density at radius 2 is 1.89 bits per heavy atom. The topological polar surface area (TPSA) is 66.5 Å². The SMILES string of the molecule is CS(=O)(=O)N1CCc2cc(C(=O)NC(c3ccc(Br)cc3)C3CCC3)ccc21. The van der Waals surface area contributed by atoms with Gasteiger partial charge in [0.05, 0.1) is 18.0 Å². The van der Waals surface area contributed by atoms with Gasteiger partial charge in [-0.15, -0.1) is 0 Å². The normalized spacial score (nSPS) is 17.7. The molecule has 1 fully saturated rings. The van der Waals surface area contributed by atoms with E-state index >= 15 is 0 Å². The minimum Gasteiger partial charge on any atom is -0.345 e. The Kier molecular flexibility index (Phi) is 5.22. The van der Waals surface area contributed by atoms with Crippen LogP contribution in [0.4, 0.5) is 5.69 Å². The molecule has 0 radical (unpaired) electrons. The summed E-state index contributed by atoms with van der Waals surface area (Å²) >= 11 is 3.46. The molecule has 1 atom stereocenters. The smallest absolute Gasteiger partial charge is 0.251 e. The third kappa shape index (κ3) is 3.82. The van der Waals surface area contributed by atoms with Crippen LogP contribution in [0.5, 0.6) is 0 Å². The molecule has 2 aromatic rings. The number of anilines is 1. The third-order valence-corrected chi connectivity index (χ3v) is 7.44. The fourth-order valence-electron chi connectivity index (χ4n) is 4.00. The van der Waals surface area contributed by atoms with Crippen LogP contribution >= 0.6 is 15.9 Å². The molecule has 1 aliphatic carbocycles. The predicted molar refractivity (Wildman–Crippen MR) is 114 cm³/mol. The van der Waals surface area contributed by atoms with Gasteiger partial charge < -0.3 is 5.32 Å². The average Bonchev–Trinajstić information content (AvgIpc) is 3.03. The second kappa shape index (κ2) is 7.52. The number of halogens is 1. The van der Waals surface area contributed by atoms with Crippen LogP contribution in [0.2, 0.25) is 0 Å². The molecule has 4 rings (SSSR count). The number of nitrogens with zero attached hydrogens (tertiary/aromatic N) is 1. The summed E-state index contributed by atoms with van der Waals surface area (Å²) in [7, 11) is -3.29. The fraction of sp³-hybridized carbons (Fsp3) is 0.381. The van der Waals surface area contributed by atoms with Gasteiger partial charge >= 0.3 is 0 Å². The van der Waals surface area contributed by atoms with Crippen LogP contribution in [0.1, 0.15) is 46.8 Å². The van der Waals surface area contributed by atoms with Crippen LogP contribution in [-0.4, -0.2) is 27.1 Å². The lowest BCUT2D eigenvalue weighted by Gasteiger charge is -2.34. The van der Waals surface area contributed by atoms with E-state index in [2.05, 4.69) is 33.4 Å². The van der Waals surface area contributed by atoms with Crippen LogP contribution in [0, 0.1) is 5.92 Å². The minimum absolute atomic E-state index is 0.00452. The Labute approximate surface area is 174 Å². The highest BCUT2D eigenvalue weighted by Gasteiger charge is 2.31. The number of hydrogen-bond donors (Lipinski definition) is 1. The molecule has 1 heterocycles. The first kappa shape index (κ1) is 19.5. The summed E-state index contributed by atoms with van der Waals surface area (Å²) < 4.78 is 26.2. The minimum atomic E-state index is -3.29. The average molecular weight is 463 g/mol. The Bertz CT molecular complexity index is 1000. The molecule has 0 spiro atoms. The van der Waals surface area contributed by atoms with Crippen molar-refractivity contribution >= 4 is 37.5 Å². The van der Waals surface area contributed by atoms with Crippen molar-refractivity contribution in [2.24, 2.45) is 5.92 Å². The number of nitrogens with one attached hydrogen (secondary N) is 1. The molecule has 2 aromatic carbocycles. The van der Waals surface area contributed by atoms with E-state index in [4.69, 9.17) is 0 Å². The van der Waals surface area contributed by atoms with Crippen LogP contribution in [0.25, 0.3) is 0 Å². The van der Waals surface area contributed by atoms with Crippen molar-refractivity contribution in [3.63, 3.8) is 0 Å². The number of amides is 1. The first-order chi connectivity index (χ1) is 13.3. The van der Waals surface area contributed by atoms with Gasteiger partial charge in [-0.3, -0.25) is 9.10 Å². The van der Waals surface area contributed by atoms with Crippen LogP contribution in [-0.2, 0) is 16.4 Å². The number of rotatable bonds is 5. The summed E-state index contributed by atoms with van der Waals surface area (Å²) in [6, 6.07) is 13.4. The van der Waals surface area contributed by atoms with Crippen molar-refractivity contribution < 1.29 is 13.2 Å². The maximum atomic E-state index is 13.0. The van der Waals surface area contributed by atoms with Gasteiger partial charge in [-0.1, -0.05) is 34.5 Å². The van der Waals surface area contributed by atoms with Gasteiger partial charge in [0.15, 0.2) is 0 Å². The van der Waals surface area contributed by atoms with Gasteiger partial charge in [0.25, 0.3) is 5.91 Å². The van der Waals surface area contributed by atoms with E-state index in [1.165, 1.54) is 17.0 Å². The molecule has 7 heteroatoms. The molecule has 1 amide bonds. The van der Waals surface area contributed by atoms with Crippen molar-refractivity contribution in [1.29, 1.82) is 0 Å². The summed E-state index contributed by atoms with van der Waals surface area (Å²) in [5, 5.41) is 3.22. The fourth-order valence-corrected chi connectivity index (χ4v) is 5.22. The summed E-state index contributed by atoms with van der Waals surface area (Å²) in [4.78, 5) is 13.0. The van der Waals surface area contributed by atoms with Crippen molar-refractivity contribution in [3.8, 4) is 0 Å². The maximum Gasteiger partial charge on any atom is 0.251 e. The van der Waals surface area contributed by atoms with Crippen molar-refractivity contribution in [3.05, 3.63) is 63.6 Å². The van der Waals surface area contributed by atoms with E-state index in [0.717, 1.165) is 28.4 Å². The van der Waals surface area contributed by atoms with Crippen LogP contribution in [0.15, 0.2) is 46.9 Å². The molecule has 2 aliphatic rings. The summed E-state index contributed by atoms with van der Waals surface area (Å²) in [5.74, 6) is 0.348. The highest BCUT2D eigenvalue weighted by atomic mass is 79.9. The van der Waals surface area contributed by atoms with Crippen LogP contribution < -0.4 is 9.62 Å². The van der Waals surface area contributed by atoms with Crippen molar-refractivity contribution in [2.75, 3.05) is 17.1 Å². The molecule has 148 valence electrons. The Morgan fingerprint density at radius 1 is 1.18 bits per heavy atom. The van der Waals surface area contributed by atoms with E-state index in [1.807, 2.05) is 18.2 Å². The van der Waals surface area contributed by atoms with Gasteiger partial charge in [0, 0.05) is 16.6 Å². The second-order valence-electron chi connectivity index (χ2n) is 7.62. The summed E-state index contributed by atoms with van der Waals surface area (Å²) in [6.07, 6.45) is 5.28. The van der Waals surface area contributed by atoms with E-state index in [-0.39, 0.29) is 11.9 Å². The number of carbonyl (C=O) groups excluding carboxylic acids is 1. The lowest BCUT2D eigenvalue weighted by atomic mass is 9.77. The van der Waals surface area contributed by atoms with Crippen molar-refractivity contribution in [2.45, 2.75) is 31.7 Å². The lowest BCUT2D eigenvalue weighted by molar-refractivity contribution is 0.0900. The largest absolute Gasteiger partial charge is 0.345 e. The highest BCUT2D eigenvalue weighted by Crippen LogP contribution is 2.38. The molecule has 0 bridgehead atoms. The Morgan fingerprint density at radius 3 is 2.50 bits per heavy atom. The lowest BCUT2D eigenvalue weighted by Crippen LogP contribution is -2.36. The van der Waals surface area contributed by atoms with E-state index in [0.29, 0.717) is 30.1 Å². The van der Waals surface area contributed by atoms with Crippen LogP contribution in [0.3, 0.4) is 0 Å². The molecule has 1 N–H and O–H groups in total. The predicted octanol–water partition coefficient (Wildman–Crippen LogP) is 4.04. The standard InChI is InChI=1S/C21H23BrN2O3S/c1-28(26,27)24-12-11-16-13-17(7-10-19(16)24)21(25)23-20(14-3-2-4-14)15-5-8-18(22)9-6-15/h5-10,13-14,20H,2-4,11-12H2,1H3,(H,23,25). The number of fused-ring (bicyclic) bond motifs is 1. The number of benzene rings is 2. The number of carbonyl (C=O) groups is 1. The Balaban J connectivity index is 1.56. The molecular formula is C21H23BrN2O3S. The molecule has 28 heavy (non-hydrogen) atoms. The van der Waals surface area contributed by atoms with Crippen molar-refractivity contribution in [1.82, 2.24) is 5.32 Å². The zero-order chi connectivity index (χ0) is 19.9. The molecular weight excluding hydrogens is 440 g/mol. The molecule has 0 aromatic heterocycles. The quantitative estimate of drug-likeness (QED) is 0.728. The number of sulfonamides is 1. The number of hydrogen-bond acceptors (Lipinski definition) is 3. The van der Waals surface area contributed by atoms with E-state index in [9.17, 15) is 13.2 Å². The summed E-state index contributed by atoms with van der Waals surface area (Å²) in [6.45, 7) is 0.433. The first-order valence-corrected chi connectivity index (χ1v) is 12.1. The monoisotopic (exact) mass is 462 g/mol. The zero-order valence-electron chi connectivity index (χ0n) is 15.7. The second-order valence-corrected chi connectivity index (χ2v) is 10.4. The van der Waals surface area contributed by atoms with E-state index in [1.54, 1.807) is 12.1 Å². The molecule has 1 saturated carbocycles. The first-order valence-electron chi connectivity index (χ1n) is 9.50. The third-order valence-electron chi connectivity index (χ3n) is 5.73. The van der Waals surface area contributed by atoms with Gasteiger partial charge in [-0.25, -0.2) is 8.42 Å². The zero-order valence-corrected chi connectivity index (χ0v) is 18.1. The van der Waals surface area contributed by atoms with Gasteiger partial charge in [0.1, 0.15) is 0 Å². The van der Waals surface area contributed by atoms with Gasteiger partial charge in [0.2, 0.25) is 10.0 Å². The van der Waals surface area contributed by atoms with Gasteiger partial charge in [-0.05, 0) is 66.6 Å². The van der Waals surface area contributed by atoms with E-state index < -0.39 is 10.0 Å². The molecule has 0 saturated heterocycles.